The first-order valence-electron chi connectivity index (χ1n) is 7.35. The van der Waals surface area contributed by atoms with Crippen LogP contribution in [-0.2, 0) is 10.4 Å². The van der Waals surface area contributed by atoms with Crippen LogP contribution in [0.5, 0.6) is 5.75 Å². The van der Waals surface area contributed by atoms with E-state index in [9.17, 15) is 4.39 Å². The zero-order valence-electron chi connectivity index (χ0n) is 12.3. The molecule has 2 atom stereocenters. The Morgan fingerprint density at radius 1 is 1.40 bits per heavy atom. The molecule has 1 saturated heterocycles. The van der Waals surface area contributed by atoms with Crippen molar-refractivity contribution in [3.63, 3.8) is 0 Å². The van der Waals surface area contributed by atoms with E-state index in [-0.39, 0.29) is 6.04 Å². The van der Waals surface area contributed by atoms with Gasteiger partial charge in [-0.25, -0.2) is 4.39 Å². The van der Waals surface area contributed by atoms with Crippen LogP contribution < -0.4 is 10.1 Å². The highest BCUT2D eigenvalue weighted by molar-refractivity contribution is 5.30. The molecular formula is C16H24FNO2. The summed E-state index contributed by atoms with van der Waals surface area (Å²) < 4.78 is 25.8. The Morgan fingerprint density at radius 2 is 2.15 bits per heavy atom. The topological polar surface area (TPSA) is 30.5 Å². The van der Waals surface area contributed by atoms with Gasteiger partial charge in [0.15, 0.2) is 0 Å². The van der Waals surface area contributed by atoms with Gasteiger partial charge in [0, 0.05) is 19.0 Å². The lowest BCUT2D eigenvalue weighted by Crippen LogP contribution is -2.44. The second-order valence-corrected chi connectivity index (χ2v) is 5.50. The van der Waals surface area contributed by atoms with Crippen molar-refractivity contribution in [2.45, 2.75) is 38.4 Å². The molecule has 0 bridgehead atoms. The molecule has 0 aromatic heterocycles. The Balaban J connectivity index is 1.96. The maximum Gasteiger partial charge on any atom is 0.134 e. The van der Waals surface area contributed by atoms with E-state index < -0.39 is 5.67 Å². The summed E-state index contributed by atoms with van der Waals surface area (Å²) in [6.45, 7) is 6.47. The van der Waals surface area contributed by atoms with E-state index in [1.54, 1.807) is 6.92 Å². The average Bonchev–Trinajstić information content (AvgIpc) is 2.46. The summed E-state index contributed by atoms with van der Waals surface area (Å²) in [7, 11) is 0. The lowest BCUT2D eigenvalue weighted by atomic mass is 9.90. The second kappa shape index (κ2) is 7.04. The Bertz CT molecular complexity index is 399. The molecule has 2 rings (SSSR count). The van der Waals surface area contributed by atoms with Gasteiger partial charge in [0.05, 0.1) is 19.8 Å². The molecular weight excluding hydrogens is 257 g/mol. The van der Waals surface area contributed by atoms with E-state index in [4.69, 9.17) is 9.47 Å². The summed E-state index contributed by atoms with van der Waals surface area (Å²) >= 11 is 0. The minimum atomic E-state index is -1.36. The molecule has 0 amide bonds. The van der Waals surface area contributed by atoms with E-state index >= 15 is 0 Å². The van der Waals surface area contributed by atoms with Gasteiger partial charge in [0.1, 0.15) is 11.4 Å². The second-order valence-electron chi connectivity index (χ2n) is 5.50. The highest BCUT2D eigenvalue weighted by atomic mass is 19.1. The third-order valence-corrected chi connectivity index (χ3v) is 3.56. The van der Waals surface area contributed by atoms with Crippen LogP contribution in [0, 0.1) is 0 Å². The van der Waals surface area contributed by atoms with Crippen LogP contribution >= 0.6 is 0 Å². The SMILES string of the molecule is CCCOc1ccc(C(C)(F)CC2COCCN2)cc1. The number of alkyl halides is 1. The van der Waals surface area contributed by atoms with Crippen LogP contribution in [0.3, 0.4) is 0 Å². The fourth-order valence-electron chi connectivity index (χ4n) is 2.45. The van der Waals surface area contributed by atoms with Gasteiger partial charge in [0.2, 0.25) is 0 Å². The van der Waals surface area contributed by atoms with E-state index in [1.165, 1.54) is 0 Å². The van der Waals surface area contributed by atoms with Crippen LogP contribution in [0.4, 0.5) is 4.39 Å². The molecule has 1 heterocycles. The number of nitrogens with one attached hydrogen (secondary N) is 1. The van der Waals surface area contributed by atoms with E-state index in [2.05, 4.69) is 12.2 Å². The Morgan fingerprint density at radius 3 is 2.75 bits per heavy atom. The third-order valence-electron chi connectivity index (χ3n) is 3.56. The molecule has 1 fully saturated rings. The lowest BCUT2D eigenvalue weighted by Gasteiger charge is -2.30. The maximum atomic E-state index is 14.9. The number of hydrogen-bond donors (Lipinski definition) is 1. The van der Waals surface area contributed by atoms with Gasteiger partial charge in [-0.3, -0.25) is 0 Å². The van der Waals surface area contributed by atoms with Crippen molar-refractivity contribution < 1.29 is 13.9 Å². The van der Waals surface area contributed by atoms with Crippen molar-refractivity contribution in [2.75, 3.05) is 26.4 Å². The quantitative estimate of drug-likeness (QED) is 0.869. The van der Waals surface area contributed by atoms with Gasteiger partial charge < -0.3 is 14.8 Å². The molecule has 1 N–H and O–H groups in total. The fraction of sp³-hybridized carbons (Fsp3) is 0.625. The highest BCUT2D eigenvalue weighted by Crippen LogP contribution is 2.32. The van der Waals surface area contributed by atoms with Gasteiger partial charge in [-0.05, 0) is 31.0 Å². The number of hydrogen-bond acceptors (Lipinski definition) is 3. The number of rotatable bonds is 6. The first-order valence-corrected chi connectivity index (χ1v) is 7.35. The third kappa shape index (κ3) is 4.18. The minimum Gasteiger partial charge on any atom is -0.494 e. The van der Waals surface area contributed by atoms with Crippen molar-refractivity contribution in [1.82, 2.24) is 5.32 Å². The van der Waals surface area contributed by atoms with Gasteiger partial charge >= 0.3 is 0 Å². The van der Waals surface area contributed by atoms with Crippen molar-refractivity contribution in [3.8, 4) is 5.75 Å². The van der Waals surface area contributed by atoms with Gasteiger partial charge in [-0.1, -0.05) is 19.1 Å². The molecule has 1 aliphatic heterocycles. The van der Waals surface area contributed by atoms with Crippen LogP contribution in [0.2, 0.25) is 0 Å². The molecule has 112 valence electrons. The molecule has 1 aliphatic rings. The van der Waals surface area contributed by atoms with Crippen molar-refractivity contribution in [2.24, 2.45) is 0 Å². The zero-order valence-corrected chi connectivity index (χ0v) is 12.3. The monoisotopic (exact) mass is 281 g/mol. The molecule has 3 nitrogen and oxygen atoms in total. The van der Waals surface area contributed by atoms with Crippen molar-refractivity contribution in [1.29, 1.82) is 0 Å². The molecule has 4 heteroatoms. The normalized spacial score (nSPS) is 22.2. The average molecular weight is 281 g/mol. The molecule has 0 aliphatic carbocycles. The summed E-state index contributed by atoms with van der Waals surface area (Å²) in [5.41, 5.74) is -0.671. The molecule has 20 heavy (non-hydrogen) atoms. The summed E-state index contributed by atoms with van der Waals surface area (Å²) in [5.74, 6) is 0.797. The highest BCUT2D eigenvalue weighted by Gasteiger charge is 2.30. The maximum absolute atomic E-state index is 14.9. The summed E-state index contributed by atoms with van der Waals surface area (Å²) in [6.07, 6.45) is 1.39. The van der Waals surface area contributed by atoms with E-state index in [0.29, 0.717) is 31.8 Å². The van der Waals surface area contributed by atoms with Crippen LogP contribution in [0.25, 0.3) is 0 Å². The minimum absolute atomic E-state index is 0.0785. The molecule has 2 unspecified atom stereocenters. The Hall–Kier alpha value is -1.13. The summed E-state index contributed by atoms with van der Waals surface area (Å²) in [4.78, 5) is 0. The number of halogens is 1. The number of ether oxygens (including phenoxy) is 2. The standard InChI is InChI=1S/C16H24FNO2/c1-3-9-20-15-6-4-13(5-7-15)16(2,17)11-14-12-19-10-8-18-14/h4-7,14,18H,3,8-12H2,1-2H3. The van der Waals surface area contributed by atoms with Crippen LogP contribution in [0.15, 0.2) is 24.3 Å². The van der Waals surface area contributed by atoms with Gasteiger partial charge in [-0.2, -0.15) is 0 Å². The molecule has 0 radical (unpaired) electrons. The smallest absolute Gasteiger partial charge is 0.134 e. The number of morpholine rings is 1. The predicted octanol–water partition coefficient (Wildman–Crippen LogP) is 3.04. The molecule has 1 aromatic rings. The lowest BCUT2D eigenvalue weighted by molar-refractivity contribution is 0.0474. The first kappa shape index (κ1) is 15.3. The molecule has 1 aromatic carbocycles. The van der Waals surface area contributed by atoms with Gasteiger partial charge in [0.25, 0.3) is 0 Å². The first-order chi connectivity index (χ1) is 9.62. The predicted molar refractivity (Wildman–Crippen MR) is 77.9 cm³/mol. The fourth-order valence-corrected chi connectivity index (χ4v) is 2.45. The van der Waals surface area contributed by atoms with E-state index in [1.807, 2.05) is 24.3 Å². The van der Waals surface area contributed by atoms with Crippen molar-refractivity contribution >= 4 is 0 Å². The number of benzene rings is 1. The molecule has 0 saturated carbocycles. The van der Waals surface area contributed by atoms with Crippen molar-refractivity contribution in [3.05, 3.63) is 29.8 Å². The summed E-state index contributed by atoms with van der Waals surface area (Å²) in [5, 5.41) is 3.29. The van der Waals surface area contributed by atoms with Gasteiger partial charge in [-0.15, -0.1) is 0 Å². The van der Waals surface area contributed by atoms with Crippen LogP contribution in [0.1, 0.15) is 32.3 Å². The van der Waals surface area contributed by atoms with Crippen LogP contribution in [-0.4, -0.2) is 32.4 Å². The largest absolute Gasteiger partial charge is 0.494 e. The molecule has 0 spiro atoms. The zero-order chi connectivity index (χ0) is 14.4. The Kier molecular flexibility index (Phi) is 5.38. The summed E-state index contributed by atoms with van der Waals surface area (Å²) in [6, 6.07) is 7.39. The van der Waals surface area contributed by atoms with E-state index in [0.717, 1.165) is 18.7 Å². The Labute approximate surface area is 120 Å².